The van der Waals surface area contributed by atoms with Gasteiger partial charge in [0.05, 0.1) is 6.61 Å². The first-order valence-electron chi connectivity index (χ1n) is 8.99. The average molecular weight is 430 g/mol. The maximum absolute atomic E-state index is 12.5. The quantitative estimate of drug-likeness (QED) is 0.460. The third-order valence-electron chi connectivity index (χ3n) is 3.71. The van der Waals surface area contributed by atoms with E-state index < -0.39 is 30.0 Å². The Labute approximate surface area is 169 Å². The number of hydroxylamine groups is 1. The molecule has 2 N–H and O–H groups in total. The van der Waals surface area contributed by atoms with E-state index in [4.69, 9.17) is 9.57 Å². The van der Waals surface area contributed by atoms with E-state index in [9.17, 15) is 22.8 Å². The Hall–Kier alpha value is -2.99. The predicted molar refractivity (Wildman–Crippen MR) is 96.8 cm³/mol. The minimum atomic E-state index is -4.73. The van der Waals surface area contributed by atoms with Gasteiger partial charge in [0, 0.05) is 23.7 Å². The highest BCUT2D eigenvalue weighted by Crippen LogP contribution is 2.29. The monoisotopic (exact) mass is 430 g/mol. The molecule has 0 aliphatic carbocycles. The summed E-state index contributed by atoms with van der Waals surface area (Å²) < 4.78 is 46.6. The van der Waals surface area contributed by atoms with Crippen LogP contribution in [0.15, 0.2) is 28.8 Å². The lowest BCUT2D eigenvalue weighted by Gasteiger charge is -2.17. The van der Waals surface area contributed by atoms with Gasteiger partial charge in [0.2, 0.25) is 5.82 Å². The Balaban J connectivity index is 1.84. The molecule has 1 heterocycles. The number of alkyl halides is 3. The Morgan fingerprint density at radius 3 is 2.43 bits per heavy atom. The third-order valence-corrected chi connectivity index (χ3v) is 3.71. The molecule has 0 radical (unpaired) electrons. The highest BCUT2D eigenvalue weighted by atomic mass is 19.4. The summed E-state index contributed by atoms with van der Waals surface area (Å²) in [4.78, 5) is 32.1. The summed E-state index contributed by atoms with van der Waals surface area (Å²) in [6, 6.07) is 5.35. The highest BCUT2D eigenvalue weighted by Gasteiger charge is 2.38. The second-order valence-electron chi connectivity index (χ2n) is 6.24. The maximum atomic E-state index is 12.5. The van der Waals surface area contributed by atoms with Gasteiger partial charge in [-0.25, -0.2) is 4.79 Å². The van der Waals surface area contributed by atoms with E-state index in [0.717, 1.165) is 0 Å². The van der Waals surface area contributed by atoms with Crippen molar-refractivity contribution in [2.45, 2.75) is 39.1 Å². The van der Waals surface area contributed by atoms with E-state index in [1.54, 1.807) is 13.8 Å². The molecular weight excluding hydrogens is 409 g/mol. The first-order chi connectivity index (χ1) is 14.1. The molecule has 2 aromatic rings. The highest BCUT2D eigenvalue weighted by molar-refractivity contribution is 5.94. The molecule has 0 saturated heterocycles. The molecular formula is C18H21F3N4O5. The van der Waals surface area contributed by atoms with Gasteiger partial charge < -0.3 is 14.6 Å². The van der Waals surface area contributed by atoms with Crippen molar-refractivity contribution >= 4 is 11.9 Å². The van der Waals surface area contributed by atoms with Crippen molar-refractivity contribution < 1.29 is 36.9 Å². The molecule has 2 atom stereocenters. The van der Waals surface area contributed by atoms with Crippen LogP contribution in [0.25, 0.3) is 11.4 Å². The Morgan fingerprint density at radius 2 is 1.87 bits per heavy atom. The van der Waals surface area contributed by atoms with E-state index >= 15 is 0 Å². The molecule has 9 nitrogen and oxygen atoms in total. The number of nitrogens with one attached hydrogen (secondary N) is 2. The van der Waals surface area contributed by atoms with Crippen LogP contribution in [0, 0.1) is 0 Å². The first-order valence-corrected chi connectivity index (χ1v) is 8.99. The molecule has 2 rings (SSSR count). The number of hydrogen-bond donors (Lipinski definition) is 2. The van der Waals surface area contributed by atoms with Gasteiger partial charge >= 0.3 is 18.0 Å². The van der Waals surface area contributed by atoms with Crippen molar-refractivity contribution in [2.75, 3.05) is 13.2 Å². The number of ether oxygens (including phenoxy) is 1. The first kappa shape index (κ1) is 23.3. The number of carbonyl (C=O) groups excluding carboxylic acids is 2. The van der Waals surface area contributed by atoms with Gasteiger partial charge in [-0.05, 0) is 32.9 Å². The van der Waals surface area contributed by atoms with Crippen molar-refractivity contribution in [3.63, 3.8) is 0 Å². The normalized spacial score (nSPS) is 13.5. The van der Waals surface area contributed by atoms with Crippen LogP contribution in [0.5, 0.6) is 0 Å². The molecule has 0 aliphatic heterocycles. The lowest BCUT2D eigenvalue weighted by atomic mass is 10.1. The smallest absolute Gasteiger partial charge is 0.464 e. The molecule has 0 spiro atoms. The molecule has 0 saturated carbocycles. The molecule has 0 fully saturated rings. The predicted octanol–water partition coefficient (Wildman–Crippen LogP) is 2.35. The van der Waals surface area contributed by atoms with Gasteiger partial charge in [-0.3, -0.25) is 9.63 Å². The molecule has 1 aromatic heterocycles. The summed E-state index contributed by atoms with van der Waals surface area (Å²) in [5.74, 6) is -2.59. The molecule has 0 bridgehead atoms. The van der Waals surface area contributed by atoms with Crippen molar-refractivity contribution in [2.24, 2.45) is 0 Å². The second kappa shape index (κ2) is 10.2. The maximum Gasteiger partial charge on any atom is 0.471 e. The van der Waals surface area contributed by atoms with Crippen molar-refractivity contribution in [1.82, 2.24) is 20.9 Å². The molecule has 1 amide bonds. The summed E-state index contributed by atoms with van der Waals surface area (Å²) in [5, 5.41) is 5.95. The fourth-order valence-electron chi connectivity index (χ4n) is 2.14. The number of nitrogens with zero attached hydrogens (tertiary/aromatic N) is 2. The molecule has 12 heteroatoms. The van der Waals surface area contributed by atoms with Crippen LogP contribution in [0.1, 0.15) is 37.0 Å². The Kier molecular flexibility index (Phi) is 7.89. The minimum Gasteiger partial charge on any atom is -0.464 e. The van der Waals surface area contributed by atoms with Gasteiger partial charge in [-0.1, -0.05) is 17.3 Å². The number of carbonyl (C=O) groups is 2. The number of rotatable bonds is 9. The second-order valence-corrected chi connectivity index (χ2v) is 6.24. The van der Waals surface area contributed by atoms with Crippen LogP contribution in [-0.4, -0.2) is 47.3 Å². The van der Waals surface area contributed by atoms with Crippen LogP contribution in [-0.2, 0) is 20.5 Å². The standard InChI is InChI=1S/C18H21F3N4O5/c1-4-28-16(27)11(3)29-24-10(2)9-22-15(26)13-7-5-12(6-8-13)14-23-17(30-25-14)18(19,20)21/h5-8,10-11,24H,4,9H2,1-3H3,(H,22,26). The molecule has 164 valence electrons. The van der Waals surface area contributed by atoms with Crippen LogP contribution >= 0.6 is 0 Å². The van der Waals surface area contributed by atoms with Gasteiger partial charge in [-0.2, -0.15) is 23.6 Å². The van der Waals surface area contributed by atoms with Gasteiger partial charge in [0.25, 0.3) is 5.91 Å². The summed E-state index contributed by atoms with van der Waals surface area (Å²) in [6.07, 6.45) is -5.54. The topological polar surface area (TPSA) is 116 Å². The van der Waals surface area contributed by atoms with Crippen LogP contribution in [0.4, 0.5) is 13.2 Å². The fourth-order valence-corrected chi connectivity index (χ4v) is 2.14. The van der Waals surface area contributed by atoms with Crippen LogP contribution in [0.3, 0.4) is 0 Å². The number of aromatic nitrogens is 2. The number of esters is 1. The van der Waals surface area contributed by atoms with E-state index in [2.05, 4.69) is 25.5 Å². The van der Waals surface area contributed by atoms with E-state index in [-0.39, 0.29) is 36.1 Å². The number of benzene rings is 1. The zero-order valence-electron chi connectivity index (χ0n) is 16.4. The van der Waals surface area contributed by atoms with Crippen molar-refractivity contribution in [3.8, 4) is 11.4 Å². The molecule has 30 heavy (non-hydrogen) atoms. The van der Waals surface area contributed by atoms with Gasteiger partial charge in [0.15, 0.2) is 6.10 Å². The number of hydrogen-bond acceptors (Lipinski definition) is 8. The fraction of sp³-hybridized carbons (Fsp3) is 0.444. The summed E-state index contributed by atoms with van der Waals surface area (Å²) in [6.45, 7) is 5.38. The van der Waals surface area contributed by atoms with E-state index in [1.165, 1.54) is 31.2 Å². The minimum absolute atomic E-state index is 0.190. The van der Waals surface area contributed by atoms with Gasteiger partial charge in [0.1, 0.15) is 0 Å². The number of amides is 1. The third kappa shape index (κ3) is 6.52. The van der Waals surface area contributed by atoms with Gasteiger partial charge in [-0.15, -0.1) is 0 Å². The summed E-state index contributed by atoms with van der Waals surface area (Å²) in [7, 11) is 0. The van der Waals surface area contributed by atoms with Crippen LogP contribution in [0.2, 0.25) is 0 Å². The molecule has 1 aromatic carbocycles. The molecule has 0 aliphatic rings. The lowest BCUT2D eigenvalue weighted by Crippen LogP contribution is -2.41. The average Bonchev–Trinajstić information content (AvgIpc) is 3.21. The molecule has 2 unspecified atom stereocenters. The lowest BCUT2D eigenvalue weighted by molar-refractivity contribution is -0.161. The van der Waals surface area contributed by atoms with Crippen LogP contribution < -0.4 is 10.8 Å². The van der Waals surface area contributed by atoms with E-state index in [1.807, 2.05) is 0 Å². The zero-order valence-corrected chi connectivity index (χ0v) is 16.4. The zero-order chi connectivity index (χ0) is 22.3. The SMILES string of the molecule is CCOC(=O)C(C)ONC(C)CNC(=O)c1ccc(-c2noc(C(F)(F)F)n2)cc1. The van der Waals surface area contributed by atoms with Crippen molar-refractivity contribution in [1.29, 1.82) is 0 Å². The Bertz CT molecular complexity index is 854. The summed E-state index contributed by atoms with van der Waals surface area (Å²) >= 11 is 0. The van der Waals surface area contributed by atoms with E-state index in [0.29, 0.717) is 0 Å². The number of halogens is 3. The largest absolute Gasteiger partial charge is 0.471 e. The summed E-state index contributed by atoms with van der Waals surface area (Å²) in [5.41, 5.74) is 3.19. The van der Waals surface area contributed by atoms with Crippen molar-refractivity contribution in [3.05, 3.63) is 35.7 Å². The Morgan fingerprint density at radius 1 is 1.20 bits per heavy atom.